The van der Waals surface area contributed by atoms with Crippen LogP contribution in [0, 0.1) is 11.8 Å². The van der Waals surface area contributed by atoms with Gasteiger partial charge in [-0.15, -0.1) is 0 Å². The summed E-state index contributed by atoms with van der Waals surface area (Å²) >= 11 is 0. The molecule has 0 bridgehead atoms. The molecule has 0 aromatic rings. The zero-order valence-electron chi connectivity index (χ0n) is 12.2. The van der Waals surface area contributed by atoms with Crippen molar-refractivity contribution in [1.82, 2.24) is 5.32 Å². The van der Waals surface area contributed by atoms with Gasteiger partial charge >= 0.3 is 0 Å². The predicted molar refractivity (Wildman–Crippen MR) is 73.8 cm³/mol. The quantitative estimate of drug-likeness (QED) is 0.837. The number of rotatable bonds is 4. The molecule has 3 heteroatoms. The highest BCUT2D eigenvalue weighted by Crippen LogP contribution is 2.30. The van der Waals surface area contributed by atoms with E-state index in [0.29, 0.717) is 6.04 Å². The van der Waals surface area contributed by atoms with Gasteiger partial charge in [0.15, 0.2) is 0 Å². The highest BCUT2D eigenvalue weighted by Gasteiger charge is 2.34. The van der Waals surface area contributed by atoms with E-state index in [1.54, 1.807) is 0 Å². The molecule has 0 radical (unpaired) electrons. The summed E-state index contributed by atoms with van der Waals surface area (Å²) in [5.74, 6) is 1.64. The number of ether oxygens (including phenoxy) is 2. The molecule has 3 atom stereocenters. The van der Waals surface area contributed by atoms with E-state index in [9.17, 15) is 0 Å². The van der Waals surface area contributed by atoms with Gasteiger partial charge in [0.1, 0.15) is 0 Å². The maximum Gasteiger partial charge on any atom is 0.0846 e. The lowest BCUT2D eigenvalue weighted by Gasteiger charge is -2.40. The molecular weight excluding hydrogens is 226 g/mol. The van der Waals surface area contributed by atoms with Crippen molar-refractivity contribution < 1.29 is 9.47 Å². The second kappa shape index (κ2) is 6.36. The van der Waals surface area contributed by atoms with Crippen LogP contribution in [0.15, 0.2) is 0 Å². The summed E-state index contributed by atoms with van der Waals surface area (Å²) in [5.41, 5.74) is 0.0126. The van der Waals surface area contributed by atoms with Crippen molar-refractivity contribution in [3.05, 3.63) is 0 Å². The molecule has 0 amide bonds. The molecule has 18 heavy (non-hydrogen) atoms. The Balaban J connectivity index is 1.85. The van der Waals surface area contributed by atoms with Crippen LogP contribution in [-0.4, -0.2) is 38.5 Å². The Morgan fingerprint density at radius 2 is 1.94 bits per heavy atom. The van der Waals surface area contributed by atoms with Crippen LogP contribution in [0.2, 0.25) is 0 Å². The van der Waals surface area contributed by atoms with Crippen LogP contribution in [0.3, 0.4) is 0 Å². The van der Waals surface area contributed by atoms with E-state index < -0.39 is 0 Å². The van der Waals surface area contributed by atoms with Gasteiger partial charge in [0.2, 0.25) is 0 Å². The van der Waals surface area contributed by atoms with Gasteiger partial charge in [0.05, 0.1) is 5.60 Å². The number of hydrogen-bond donors (Lipinski definition) is 1. The summed E-state index contributed by atoms with van der Waals surface area (Å²) in [6.07, 6.45) is 6.12. The van der Waals surface area contributed by atoms with Crippen molar-refractivity contribution in [3.63, 3.8) is 0 Å². The van der Waals surface area contributed by atoms with Crippen molar-refractivity contribution >= 4 is 0 Å². The van der Waals surface area contributed by atoms with E-state index in [0.717, 1.165) is 44.4 Å². The molecule has 0 unspecified atom stereocenters. The standard InChI is InChI=1S/C15H29NO2/c1-12-5-4-6-14(13(12)2)16-11-15(17-3)7-9-18-10-8-15/h12-14,16H,4-11H2,1-3H3/t12-,13+,14+/m0/s1. The first-order chi connectivity index (χ1) is 8.67. The van der Waals surface area contributed by atoms with E-state index in [1.807, 2.05) is 7.11 Å². The van der Waals surface area contributed by atoms with Gasteiger partial charge in [-0.2, -0.15) is 0 Å². The molecule has 3 nitrogen and oxygen atoms in total. The SMILES string of the molecule is COC1(CN[C@@H]2CCC[C@H](C)[C@H]2C)CCOCC1. The minimum atomic E-state index is 0.0126. The molecule has 2 fully saturated rings. The van der Waals surface area contributed by atoms with Crippen molar-refractivity contribution in [2.45, 2.75) is 57.6 Å². The Hall–Kier alpha value is -0.120. The first-order valence-corrected chi connectivity index (χ1v) is 7.53. The second-order valence-electron chi connectivity index (χ2n) is 6.25. The maximum absolute atomic E-state index is 5.79. The maximum atomic E-state index is 5.79. The van der Waals surface area contributed by atoms with Gasteiger partial charge in [-0.1, -0.05) is 26.7 Å². The number of nitrogens with one attached hydrogen (secondary N) is 1. The minimum absolute atomic E-state index is 0.0126. The molecule has 106 valence electrons. The molecule has 0 aromatic carbocycles. The van der Waals surface area contributed by atoms with Crippen LogP contribution in [0.1, 0.15) is 46.0 Å². The molecule has 1 saturated heterocycles. The van der Waals surface area contributed by atoms with Crippen LogP contribution in [0.4, 0.5) is 0 Å². The highest BCUT2D eigenvalue weighted by molar-refractivity contribution is 4.89. The van der Waals surface area contributed by atoms with Crippen LogP contribution in [0.5, 0.6) is 0 Å². The summed E-state index contributed by atoms with van der Waals surface area (Å²) < 4.78 is 11.2. The smallest absolute Gasteiger partial charge is 0.0846 e. The van der Waals surface area contributed by atoms with Gasteiger partial charge in [0, 0.05) is 45.8 Å². The zero-order chi connectivity index (χ0) is 13.0. The Bertz CT molecular complexity index is 251. The highest BCUT2D eigenvalue weighted by atomic mass is 16.5. The lowest BCUT2D eigenvalue weighted by molar-refractivity contribution is -0.0899. The van der Waals surface area contributed by atoms with E-state index in [-0.39, 0.29) is 5.60 Å². The molecular formula is C15H29NO2. The summed E-state index contributed by atoms with van der Waals surface area (Å²) in [5, 5.41) is 3.78. The van der Waals surface area contributed by atoms with Crippen molar-refractivity contribution in [3.8, 4) is 0 Å². The zero-order valence-corrected chi connectivity index (χ0v) is 12.2. The van der Waals surface area contributed by atoms with Crippen LogP contribution in [0.25, 0.3) is 0 Å². The molecule has 1 N–H and O–H groups in total. The molecule has 1 aliphatic heterocycles. The average molecular weight is 255 g/mol. The van der Waals surface area contributed by atoms with E-state index in [1.165, 1.54) is 19.3 Å². The Labute approximate surface area is 112 Å². The van der Waals surface area contributed by atoms with Gasteiger partial charge in [-0.3, -0.25) is 0 Å². The largest absolute Gasteiger partial charge is 0.381 e. The van der Waals surface area contributed by atoms with Gasteiger partial charge in [-0.25, -0.2) is 0 Å². The topological polar surface area (TPSA) is 30.5 Å². The molecule has 0 aromatic heterocycles. The fourth-order valence-electron chi connectivity index (χ4n) is 3.38. The molecule has 1 aliphatic carbocycles. The first kappa shape index (κ1) is 14.3. The second-order valence-corrected chi connectivity index (χ2v) is 6.25. The number of hydrogen-bond acceptors (Lipinski definition) is 3. The normalized spacial score (nSPS) is 36.5. The summed E-state index contributed by atoms with van der Waals surface area (Å²) in [4.78, 5) is 0. The van der Waals surface area contributed by atoms with E-state index >= 15 is 0 Å². The molecule has 2 aliphatic rings. The third-order valence-electron chi connectivity index (χ3n) is 5.23. The Morgan fingerprint density at radius 3 is 2.61 bits per heavy atom. The summed E-state index contributed by atoms with van der Waals surface area (Å²) in [6, 6.07) is 0.670. The van der Waals surface area contributed by atoms with Crippen molar-refractivity contribution in [2.24, 2.45) is 11.8 Å². The van der Waals surface area contributed by atoms with E-state index in [2.05, 4.69) is 19.2 Å². The molecule has 1 saturated carbocycles. The van der Waals surface area contributed by atoms with Crippen LogP contribution in [-0.2, 0) is 9.47 Å². The lowest BCUT2D eigenvalue weighted by Crippen LogP contribution is -2.51. The van der Waals surface area contributed by atoms with Gasteiger partial charge < -0.3 is 14.8 Å². The van der Waals surface area contributed by atoms with E-state index in [4.69, 9.17) is 9.47 Å². The lowest BCUT2D eigenvalue weighted by atomic mass is 9.77. The Kier molecular flexibility index (Phi) is 5.05. The molecule has 1 heterocycles. The van der Waals surface area contributed by atoms with Gasteiger partial charge in [0.25, 0.3) is 0 Å². The van der Waals surface area contributed by atoms with Crippen LogP contribution < -0.4 is 5.32 Å². The number of methoxy groups -OCH3 is 1. The van der Waals surface area contributed by atoms with Gasteiger partial charge in [-0.05, 0) is 18.3 Å². The monoisotopic (exact) mass is 255 g/mol. The average Bonchev–Trinajstić information content (AvgIpc) is 2.41. The van der Waals surface area contributed by atoms with Crippen molar-refractivity contribution in [2.75, 3.05) is 26.9 Å². The fraction of sp³-hybridized carbons (Fsp3) is 1.00. The third kappa shape index (κ3) is 3.25. The molecule has 2 rings (SSSR count). The minimum Gasteiger partial charge on any atom is -0.381 e. The Morgan fingerprint density at radius 1 is 1.22 bits per heavy atom. The summed E-state index contributed by atoms with van der Waals surface area (Å²) in [6.45, 7) is 7.44. The first-order valence-electron chi connectivity index (χ1n) is 7.53. The molecule has 0 spiro atoms. The summed E-state index contributed by atoms with van der Waals surface area (Å²) in [7, 11) is 1.85. The predicted octanol–water partition coefficient (Wildman–Crippen LogP) is 2.60. The third-order valence-corrected chi connectivity index (χ3v) is 5.23. The van der Waals surface area contributed by atoms with Crippen molar-refractivity contribution in [1.29, 1.82) is 0 Å². The fourth-order valence-corrected chi connectivity index (χ4v) is 3.38. The van der Waals surface area contributed by atoms with Crippen LogP contribution >= 0.6 is 0 Å².